The van der Waals surface area contributed by atoms with Crippen LogP contribution < -0.4 is 10.6 Å². The van der Waals surface area contributed by atoms with Crippen molar-refractivity contribution in [3.05, 3.63) is 59.7 Å². The number of aliphatic hydroxyl groups excluding tert-OH is 1. The van der Waals surface area contributed by atoms with Gasteiger partial charge in [0.1, 0.15) is 12.6 Å². The second-order valence-electron chi connectivity index (χ2n) is 8.38. The third kappa shape index (κ3) is 4.60. The highest BCUT2D eigenvalue weighted by Crippen LogP contribution is 2.44. The highest BCUT2D eigenvalue weighted by molar-refractivity contribution is 5.85. The predicted molar refractivity (Wildman–Crippen MR) is 116 cm³/mol. The Morgan fingerprint density at radius 3 is 2.16 bits per heavy atom. The van der Waals surface area contributed by atoms with Gasteiger partial charge in [-0.1, -0.05) is 48.5 Å². The van der Waals surface area contributed by atoms with Gasteiger partial charge in [-0.2, -0.15) is 0 Å². The number of carbonyl (C=O) groups is 3. The standard InChI is InChI=1S/C24H26N2O6/c27-12-9-20(22(29)30)25-21(28)13-24(10-11-24)26-23(31)32-14-19-17-7-3-1-5-15(17)16-6-2-4-8-18(16)19/h1-8,19-20,27H,9-14H2,(H,25,28)(H,26,31)(H,29,30). The largest absolute Gasteiger partial charge is 0.480 e. The second-order valence-corrected chi connectivity index (χ2v) is 8.38. The number of fused-ring (bicyclic) bond motifs is 3. The lowest BCUT2D eigenvalue weighted by Gasteiger charge is -2.20. The normalized spacial score (nSPS) is 16.4. The minimum Gasteiger partial charge on any atom is -0.480 e. The number of aliphatic carboxylic acids is 1. The fraction of sp³-hybridized carbons (Fsp3) is 0.375. The third-order valence-electron chi connectivity index (χ3n) is 6.11. The molecule has 1 unspecified atom stereocenters. The quantitative estimate of drug-likeness (QED) is 0.477. The number of carboxylic acid groups (broad SMARTS) is 1. The number of nitrogens with one attached hydrogen (secondary N) is 2. The lowest BCUT2D eigenvalue weighted by atomic mass is 9.98. The Balaban J connectivity index is 1.34. The molecule has 2 aliphatic rings. The third-order valence-corrected chi connectivity index (χ3v) is 6.11. The van der Waals surface area contributed by atoms with Gasteiger partial charge in [0.15, 0.2) is 0 Å². The maximum atomic E-state index is 12.5. The molecule has 0 radical (unpaired) electrons. The van der Waals surface area contributed by atoms with Crippen LogP contribution in [0.1, 0.15) is 42.7 Å². The van der Waals surface area contributed by atoms with Gasteiger partial charge in [-0.3, -0.25) is 4.79 Å². The molecule has 8 nitrogen and oxygen atoms in total. The van der Waals surface area contributed by atoms with Gasteiger partial charge in [0.2, 0.25) is 5.91 Å². The molecule has 0 aromatic heterocycles. The van der Waals surface area contributed by atoms with E-state index in [1.807, 2.05) is 36.4 Å². The molecule has 8 heteroatoms. The number of ether oxygens (including phenoxy) is 1. The Kier molecular flexibility index (Phi) is 6.14. The zero-order valence-electron chi connectivity index (χ0n) is 17.5. The molecule has 0 heterocycles. The van der Waals surface area contributed by atoms with Gasteiger partial charge in [-0.25, -0.2) is 9.59 Å². The van der Waals surface area contributed by atoms with Crippen LogP contribution >= 0.6 is 0 Å². The molecule has 2 amide bonds. The van der Waals surface area contributed by atoms with Gasteiger partial charge in [-0.15, -0.1) is 0 Å². The van der Waals surface area contributed by atoms with E-state index in [0.717, 1.165) is 22.3 Å². The number of carbonyl (C=O) groups excluding carboxylic acids is 2. The summed E-state index contributed by atoms with van der Waals surface area (Å²) in [7, 11) is 0. The molecule has 2 aromatic carbocycles. The van der Waals surface area contributed by atoms with Crippen molar-refractivity contribution >= 4 is 18.0 Å². The van der Waals surface area contributed by atoms with Gasteiger partial charge in [0, 0.05) is 25.4 Å². The van der Waals surface area contributed by atoms with Crippen LogP contribution in [0.25, 0.3) is 11.1 Å². The van der Waals surface area contributed by atoms with Crippen molar-refractivity contribution in [1.82, 2.24) is 10.6 Å². The minimum atomic E-state index is -1.21. The summed E-state index contributed by atoms with van der Waals surface area (Å²) < 4.78 is 5.55. The average molecular weight is 438 g/mol. The number of alkyl carbamates (subject to hydrolysis) is 1. The monoisotopic (exact) mass is 438 g/mol. The lowest BCUT2D eigenvalue weighted by molar-refractivity contribution is -0.142. The van der Waals surface area contributed by atoms with Crippen LogP contribution in [-0.4, -0.2) is 53.0 Å². The van der Waals surface area contributed by atoms with Crippen molar-refractivity contribution < 1.29 is 29.3 Å². The molecule has 1 atom stereocenters. The fourth-order valence-corrected chi connectivity index (χ4v) is 4.29. The average Bonchev–Trinajstić information content (AvgIpc) is 3.44. The summed E-state index contributed by atoms with van der Waals surface area (Å²) in [5.74, 6) is -1.74. The first-order valence-corrected chi connectivity index (χ1v) is 10.7. The zero-order chi connectivity index (χ0) is 22.7. The molecule has 4 rings (SSSR count). The molecule has 32 heavy (non-hydrogen) atoms. The maximum Gasteiger partial charge on any atom is 0.407 e. The van der Waals surface area contributed by atoms with E-state index in [-0.39, 0.29) is 32.0 Å². The van der Waals surface area contributed by atoms with E-state index in [9.17, 15) is 14.4 Å². The molecule has 2 aliphatic carbocycles. The molecule has 0 spiro atoms. The Labute approximate surface area is 185 Å². The number of hydrogen-bond acceptors (Lipinski definition) is 5. The summed E-state index contributed by atoms with van der Waals surface area (Å²) >= 11 is 0. The second kappa shape index (κ2) is 9.00. The number of carboxylic acids is 1. The van der Waals surface area contributed by atoms with E-state index in [2.05, 4.69) is 22.8 Å². The first-order chi connectivity index (χ1) is 15.4. The summed E-state index contributed by atoms with van der Waals surface area (Å²) in [6.07, 6.45) is 0.521. The number of rotatable bonds is 9. The highest BCUT2D eigenvalue weighted by Gasteiger charge is 2.46. The van der Waals surface area contributed by atoms with E-state index >= 15 is 0 Å². The van der Waals surface area contributed by atoms with Crippen LogP contribution in [0.15, 0.2) is 48.5 Å². The van der Waals surface area contributed by atoms with E-state index in [4.69, 9.17) is 14.9 Å². The summed E-state index contributed by atoms with van der Waals surface area (Å²) in [5.41, 5.74) is 3.80. The molecular formula is C24H26N2O6. The first-order valence-electron chi connectivity index (χ1n) is 10.7. The van der Waals surface area contributed by atoms with Crippen LogP contribution in [0, 0.1) is 0 Å². The van der Waals surface area contributed by atoms with E-state index in [1.54, 1.807) is 0 Å². The van der Waals surface area contributed by atoms with E-state index in [1.165, 1.54) is 0 Å². The minimum absolute atomic E-state index is 0.0353. The summed E-state index contributed by atoms with van der Waals surface area (Å²) in [6, 6.07) is 15.0. The van der Waals surface area contributed by atoms with Crippen LogP contribution in [0.3, 0.4) is 0 Å². The van der Waals surface area contributed by atoms with Gasteiger partial charge in [0.05, 0.1) is 5.54 Å². The van der Waals surface area contributed by atoms with Crippen molar-refractivity contribution in [2.45, 2.75) is 43.2 Å². The number of amides is 2. The van der Waals surface area contributed by atoms with Crippen molar-refractivity contribution in [1.29, 1.82) is 0 Å². The Bertz CT molecular complexity index is 987. The lowest BCUT2D eigenvalue weighted by Crippen LogP contribution is -2.46. The van der Waals surface area contributed by atoms with Crippen molar-refractivity contribution in [3.8, 4) is 11.1 Å². The van der Waals surface area contributed by atoms with Gasteiger partial charge in [-0.05, 0) is 35.1 Å². The van der Waals surface area contributed by atoms with E-state index < -0.39 is 29.6 Å². The van der Waals surface area contributed by atoms with Gasteiger partial charge in [0.25, 0.3) is 0 Å². The fourth-order valence-electron chi connectivity index (χ4n) is 4.29. The van der Waals surface area contributed by atoms with E-state index in [0.29, 0.717) is 12.8 Å². The Morgan fingerprint density at radius 1 is 1.03 bits per heavy atom. The topological polar surface area (TPSA) is 125 Å². The van der Waals surface area contributed by atoms with Crippen molar-refractivity contribution in [3.63, 3.8) is 0 Å². The molecule has 0 bridgehead atoms. The molecular weight excluding hydrogens is 412 g/mol. The highest BCUT2D eigenvalue weighted by atomic mass is 16.5. The van der Waals surface area contributed by atoms with Crippen LogP contribution in [-0.2, 0) is 14.3 Å². The summed E-state index contributed by atoms with van der Waals surface area (Å²) in [6.45, 7) is -0.167. The van der Waals surface area contributed by atoms with Crippen LogP contribution in [0.5, 0.6) is 0 Å². The number of hydrogen-bond donors (Lipinski definition) is 4. The van der Waals surface area contributed by atoms with Crippen molar-refractivity contribution in [2.75, 3.05) is 13.2 Å². The molecule has 168 valence electrons. The smallest absolute Gasteiger partial charge is 0.407 e. The van der Waals surface area contributed by atoms with Gasteiger partial charge >= 0.3 is 12.1 Å². The predicted octanol–water partition coefficient (Wildman–Crippen LogP) is 2.40. The van der Waals surface area contributed by atoms with Crippen LogP contribution in [0.4, 0.5) is 4.79 Å². The SMILES string of the molecule is O=C(CC1(NC(=O)OCC2c3ccccc3-c3ccccc32)CC1)NC(CCO)C(=O)O. The molecule has 0 saturated heterocycles. The molecule has 1 fully saturated rings. The molecule has 4 N–H and O–H groups in total. The molecule has 1 saturated carbocycles. The maximum absolute atomic E-state index is 12.5. The Morgan fingerprint density at radius 2 is 1.62 bits per heavy atom. The molecule has 2 aromatic rings. The van der Waals surface area contributed by atoms with Crippen LogP contribution in [0.2, 0.25) is 0 Å². The number of aliphatic hydroxyl groups is 1. The zero-order valence-corrected chi connectivity index (χ0v) is 17.5. The number of benzene rings is 2. The summed E-state index contributed by atoms with van der Waals surface area (Å²) in [5, 5.41) is 23.2. The van der Waals surface area contributed by atoms with Gasteiger partial charge < -0.3 is 25.6 Å². The first kappa shape index (κ1) is 21.8. The molecule has 0 aliphatic heterocycles. The van der Waals surface area contributed by atoms with Crippen molar-refractivity contribution in [2.24, 2.45) is 0 Å². The Hall–Kier alpha value is -3.39. The summed E-state index contributed by atoms with van der Waals surface area (Å²) in [4.78, 5) is 35.9.